The Bertz CT molecular complexity index is 238. The smallest absolute Gasteiger partial charge is 0.222 e. The van der Waals surface area contributed by atoms with Crippen molar-refractivity contribution in [3.63, 3.8) is 0 Å². The SMILES string of the molecule is O=C(CCC1CCCCC1)N1CCC(Br)C1. The molecule has 2 fully saturated rings. The molecule has 1 saturated carbocycles. The van der Waals surface area contributed by atoms with Crippen LogP contribution in [0.1, 0.15) is 51.4 Å². The van der Waals surface area contributed by atoms with Crippen molar-refractivity contribution < 1.29 is 4.79 Å². The van der Waals surface area contributed by atoms with Gasteiger partial charge in [0.15, 0.2) is 0 Å². The van der Waals surface area contributed by atoms with Gasteiger partial charge in [0, 0.05) is 24.3 Å². The highest BCUT2D eigenvalue weighted by Gasteiger charge is 2.24. The van der Waals surface area contributed by atoms with Gasteiger partial charge in [-0.25, -0.2) is 0 Å². The quantitative estimate of drug-likeness (QED) is 0.729. The second-order valence-corrected chi connectivity index (χ2v) is 6.56. The summed E-state index contributed by atoms with van der Waals surface area (Å²) in [5.74, 6) is 1.22. The zero-order valence-electron chi connectivity index (χ0n) is 9.96. The molecule has 0 aromatic carbocycles. The summed E-state index contributed by atoms with van der Waals surface area (Å²) in [4.78, 5) is 14.5. The lowest BCUT2D eigenvalue weighted by molar-refractivity contribution is -0.130. The van der Waals surface area contributed by atoms with Crippen LogP contribution in [-0.2, 0) is 4.79 Å². The molecule has 0 spiro atoms. The van der Waals surface area contributed by atoms with E-state index >= 15 is 0 Å². The van der Waals surface area contributed by atoms with Crippen LogP contribution in [0.5, 0.6) is 0 Å². The largest absolute Gasteiger partial charge is 0.342 e. The predicted octanol–water partition coefficient (Wildman–Crippen LogP) is 3.34. The molecule has 2 aliphatic rings. The molecule has 2 rings (SSSR count). The summed E-state index contributed by atoms with van der Waals surface area (Å²) in [7, 11) is 0. The Kier molecular flexibility index (Phi) is 4.68. The average Bonchev–Trinajstić information content (AvgIpc) is 2.74. The molecule has 92 valence electrons. The van der Waals surface area contributed by atoms with Crippen molar-refractivity contribution in [2.75, 3.05) is 13.1 Å². The molecule has 0 aromatic rings. The molecular weight excluding hydrogens is 266 g/mol. The van der Waals surface area contributed by atoms with Crippen LogP contribution in [0.15, 0.2) is 0 Å². The first-order valence-electron chi connectivity index (χ1n) is 6.67. The number of amides is 1. The molecule has 1 atom stereocenters. The fraction of sp³-hybridized carbons (Fsp3) is 0.923. The number of nitrogens with zero attached hydrogens (tertiary/aromatic N) is 1. The van der Waals surface area contributed by atoms with Crippen molar-refractivity contribution >= 4 is 21.8 Å². The van der Waals surface area contributed by atoms with Gasteiger partial charge in [-0.3, -0.25) is 4.79 Å². The number of hydrogen-bond donors (Lipinski definition) is 0. The van der Waals surface area contributed by atoms with E-state index in [0.717, 1.165) is 38.3 Å². The summed E-state index contributed by atoms with van der Waals surface area (Å²) in [5.41, 5.74) is 0. The average molecular weight is 288 g/mol. The van der Waals surface area contributed by atoms with Crippen LogP contribution < -0.4 is 0 Å². The van der Waals surface area contributed by atoms with Crippen molar-refractivity contribution in [3.8, 4) is 0 Å². The lowest BCUT2D eigenvalue weighted by Crippen LogP contribution is -2.29. The zero-order valence-corrected chi connectivity index (χ0v) is 11.5. The minimum atomic E-state index is 0.382. The molecule has 1 saturated heterocycles. The maximum Gasteiger partial charge on any atom is 0.222 e. The number of carbonyl (C=O) groups excluding carboxylic acids is 1. The Morgan fingerprint density at radius 3 is 2.56 bits per heavy atom. The van der Waals surface area contributed by atoms with Crippen LogP contribution in [0, 0.1) is 5.92 Å². The molecule has 1 unspecified atom stereocenters. The molecule has 0 radical (unpaired) electrons. The Hall–Kier alpha value is -0.0500. The maximum atomic E-state index is 11.9. The molecule has 1 heterocycles. The Balaban J connectivity index is 1.67. The zero-order chi connectivity index (χ0) is 11.4. The lowest BCUT2D eigenvalue weighted by Gasteiger charge is -2.22. The number of halogens is 1. The summed E-state index contributed by atoms with van der Waals surface area (Å²) in [6, 6.07) is 0. The number of hydrogen-bond acceptors (Lipinski definition) is 1. The second kappa shape index (κ2) is 6.04. The van der Waals surface area contributed by atoms with Crippen molar-refractivity contribution in [3.05, 3.63) is 0 Å². The maximum absolute atomic E-state index is 11.9. The van der Waals surface area contributed by atoms with Crippen molar-refractivity contribution in [2.45, 2.75) is 56.2 Å². The number of carbonyl (C=O) groups is 1. The van der Waals surface area contributed by atoms with Crippen LogP contribution in [0.2, 0.25) is 0 Å². The van der Waals surface area contributed by atoms with Gasteiger partial charge < -0.3 is 4.90 Å². The van der Waals surface area contributed by atoms with Crippen LogP contribution in [-0.4, -0.2) is 28.7 Å². The molecule has 0 N–H and O–H groups in total. The fourth-order valence-electron chi connectivity index (χ4n) is 2.91. The van der Waals surface area contributed by atoms with E-state index in [1.165, 1.54) is 32.1 Å². The molecule has 16 heavy (non-hydrogen) atoms. The highest BCUT2D eigenvalue weighted by Crippen LogP contribution is 2.28. The minimum absolute atomic E-state index is 0.382. The van der Waals surface area contributed by atoms with E-state index in [1.54, 1.807) is 0 Å². The van der Waals surface area contributed by atoms with E-state index in [-0.39, 0.29) is 0 Å². The van der Waals surface area contributed by atoms with Gasteiger partial charge in [0.2, 0.25) is 5.91 Å². The van der Waals surface area contributed by atoms with Gasteiger partial charge in [-0.2, -0.15) is 0 Å². The summed E-state index contributed by atoms with van der Waals surface area (Å²) in [6.07, 6.45) is 9.91. The Morgan fingerprint density at radius 1 is 1.19 bits per heavy atom. The van der Waals surface area contributed by atoms with E-state index in [4.69, 9.17) is 0 Å². The molecule has 2 nitrogen and oxygen atoms in total. The standard InChI is InChI=1S/C13H22BrNO/c14-12-8-9-15(10-12)13(16)7-6-11-4-2-1-3-5-11/h11-12H,1-10H2. The molecule has 3 heteroatoms. The van der Waals surface area contributed by atoms with Crippen molar-refractivity contribution in [2.24, 2.45) is 5.92 Å². The lowest BCUT2D eigenvalue weighted by atomic mass is 9.86. The molecule has 0 bridgehead atoms. The van der Waals surface area contributed by atoms with Crippen LogP contribution in [0.25, 0.3) is 0 Å². The highest BCUT2D eigenvalue weighted by atomic mass is 79.9. The summed E-state index contributed by atoms with van der Waals surface area (Å²) in [5, 5.41) is 0. The molecular formula is C13H22BrNO. The monoisotopic (exact) mass is 287 g/mol. The van der Waals surface area contributed by atoms with E-state index in [1.807, 2.05) is 4.90 Å². The fourth-order valence-corrected chi connectivity index (χ4v) is 3.46. The number of alkyl halides is 1. The normalized spacial score (nSPS) is 27.3. The summed E-state index contributed by atoms with van der Waals surface area (Å²) in [6.45, 7) is 1.88. The Morgan fingerprint density at radius 2 is 1.94 bits per heavy atom. The van der Waals surface area contributed by atoms with Crippen molar-refractivity contribution in [1.29, 1.82) is 0 Å². The summed E-state index contributed by atoms with van der Waals surface area (Å²) >= 11 is 3.58. The first-order valence-corrected chi connectivity index (χ1v) is 7.59. The van der Waals surface area contributed by atoms with Crippen molar-refractivity contribution in [1.82, 2.24) is 4.90 Å². The third kappa shape index (κ3) is 3.47. The van der Waals surface area contributed by atoms with Gasteiger partial charge >= 0.3 is 0 Å². The van der Waals surface area contributed by atoms with Gasteiger partial charge in [0.25, 0.3) is 0 Å². The Labute approximate surface area is 107 Å². The van der Waals surface area contributed by atoms with E-state index < -0.39 is 0 Å². The van der Waals surface area contributed by atoms with E-state index in [2.05, 4.69) is 15.9 Å². The van der Waals surface area contributed by atoms with E-state index in [0.29, 0.717) is 10.7 Å². The third-order valence-corrected chi connectivity index (χ3v) is 4.72. The number of likely N-dealkylation sites (tertiary alicyclic amines) is 1. The van der Waals surface area contributed by atoms with Crippen LogP contribution in [0.3, 0.4) is 0 Å². The number of rotatable bonds is 3. The molecule has 1 aliphatic carbocycles. The molecule has 0 aromatic heterocycles. The van der Waals surface area contributed by atoms with Gasteiger partial charge in [-0.15, -0.1) is 0 Å². The molecule has 1 aliphatic heterocycles. The second-order valence-electron chi connectivity index (χ2n) is 5.27. The highest BCUT2D eigenvalue weighted by molar-refractivity contribution is 9.09. The van der Waals surface area contributed by atoms with Crippen LogP contribution >= 0.6 is 15.9 Å². The van der Waals surface area contributed by atoms with Gasteiger partial charge in [-0.05, 0) is 18.8 Å². The predicted molar refractivity (Wildman–Crippen MR) is 69.7 cm³/mol. The van der Waals surface area contributed by atoms with Gasteiger partial charge in [0.1, 0.15) is 0 Å². The third-order valence-electron chi connectivity index (χ3n) is 3.97. The summed E-state index contributed by atoms with van der Waals surface area (Å²) < 4.78 is 0. The topological polar surface area (TPSA) is 20.3 Å². The van der Waals surface area contributed by atoms with E-state index in [9.17, 15) is 4.79 Å². The first kappa shape index (κ1) is 12.4. The van der Waals surface area contributed by atoms with Gasteiger partial charge in [0.05, 0.1) is 0 Å². The molecule has 1 amide bonds. The van der Waals surface area contributed by atoms with Gasteiger partial charge in [-0.1, -0.05) is 48.0 Å². The van der Waals surface area contributed by atoms with Crippen LogP contribution in [0.4, 0.5) is 0 Å². The minimum Gasteiger partial charge on any atom is -0.342 e. The first-order chi connectivity index (χ1) is 7.75.